The Morgan fingerprint density at radius 3 is 2.50 bits per heavy atom. The molecule has 0 saturated carbocycles. The third-order valence-electron chi connectivity index (χ3n) is 0.945. The van der Waals surface area contributed by atoms with Crippen LogP contribution in [0.25, 0.3) is 0 Å². The molecule has 1 unspecified atom stereocenters. The fourth-order valence-corrected chi connectivity index (χ4v) is 0.715. The van der Waals surface area contributed by atoms with Gasteiger partial charge >= 0.3 is 0 Å². The van der Waals surface area contributed by atoms with E-state index in [4.69, 9.17) is 11.5 Å². The van der Waals surface area contributed by atoms with Crippen molar-refractivity contribution in [1.29, 1.82) is 0 Å². The molecule has 6 heteroatoms. The van der Waals surface area contributed by atoms with Crippen molar-refractivity contribution in [2.45, 2.75) is 4.83 Å². The van der Waals surface area contributed by atoms with Gasteiger partial charge in [0, 0.05) is 0 Å². The van der Waals surface area contributed by atoms with Gasteiger partial charge in [-0.1, -0.05) is 15.9 Å². The van der Waals surface area contributed by atoms with Gasteiger partial charge in [-0.3, -0.25) is 4.79 Å². The summed E-state index contributed by atoms with van der Waals surface area (Å²) in [7, 11) is 0. The Balaban J connectivity index is 2.95. The number of nitrogens with zero attached hydrogens (tertiary/aromatic N) is 2. The van der Waals surface area contributed by atoms with E-state index >= 15 is 0 Å². The normalized spacial score (nSPS) is 25.7. The molecule has 0 bridgehead atoms. The van der Waals surface area contributed by atoms with Crippen LogP contribution in [0.15, 0.2) is 9.98 Å². The molecule has 0 aromatic carbocycles. The molecule has 5 nitrogen and oxygen atoms in total. The van der Waals surface area contributed by atoms with Crippen LogP contribution in [-0.2, 0) is 4.79 Å². The highest BCUT2D eigenvalue weighted by Crippen LogP contribution is 2.05. The van der Waals surface area contributed by atoms with Crippen LogP contribution in [-0.4, -0.2) is 22.5 Å². The van der Waals surface area contributed by atoms with Crippen molar-refractivity contribution < 1.29 is 4.79 Å². The number of hydrogen-bond donors (Lipinski definition) is 2. The molecule has 0 aromatic heterocycles. The average molecular weight is 205 g/mol. The zero-order valence-corrected chi connectivity index (χ0v) is 6.50. The van der Waals surface area contributed by atoms with E-state index in [1.54, 1.807) is 0 Å². The molecule has 1 aliphatic heterocycles. The molecule has 0 radical (unpaired) electrons. The summed E-state index contributed by atoms with van der Waals surface area (Å²) in [6.45, 7) is 0. The van der Waals surface area contributed by atoms with Crippen LogP contribution in [0.1, 0.15) is 0 Å². The third kappa shape index (κ3) is 1.15. The maximum atomic E-state index is 10.7. The highest BCUT2D eigenvalue weighted by Gasteiger charge is 2.22. The van der Waals surface area contributed by atoms with Gasteiger partial charge in [0.2, 0.25) is 5.96 Å². The van der Waals surface area contributed by atoms with Crippen molar-refractivity contribution in [3.8, 4) is 0 Å². The van der Waals surface area contributed by atoms with E-state index in [0.29, 0.717) is 0 Å². The van der Waals surface area contributed by atoms with E-state index in [1.807, 2.05) is 0 Å². The van der Waals surface area contributed by atoms with Crippen molar-refractivity contribution in [2.75, 3.05) is 0 Å². The van der Waals surface area contributed by atoms with Gasteiger partial charge in [-0.15, -0.1) is 0 Å². The first-order chi connectivity index (χ1) is 4.61. The average Bonchev–Trinajstić information content (AvgIpc) is 1.82. The van der Waals surface area contributed by atoms with Gasteiger partial charge in [-0.2, -0.15) is 9.98 Å². The minimum absolute atomic E-state index is 0.0850. The Kier molecular flexibility index (Phi) is 1.71. The van der Waals surface area contributed by atoms with Crippen LogP contribution in [0.5, 0.6) is 0 Å². The topological polar surface area (TPSA) is 93.8 Å². The fraction of sp³-hybridized carbons (Fsp3) is 0.250. The second-order valence-corrected chi connectivity index (χ2v) is 2.62. The summed E-state index contributed by atoms with van der Waals surface area (Å²) in [6, 6.07) is 0. The van der Waals surface area contributed by atoms with Gasteiger partial charge in [-0.05, 0) is 0 Å². The van der Waals surface area contributed by atoms with Crippen LogP contribution in [0.3, 0.4) is 0 Å². The van der Waals surface area contributed by atoms with E-state index in [-0.39, 0.29) is 11.8 Å². The number of amidine groups is 1. The Bertz CT molecular complexity index is 233. The van der Waals surface area contributed by atoms with E-state index in [2.05, 4.69) is 25.9 Å². The molecule has 0 fully saturated rings. The number of carbonyl (C=O) groups is 1. The first kappa shape index (κ1) is 7.20. The Labute approximate surface area is 65.3 Å². The second kappa shape index (κ2) is 2.37. The van der Waals surface area contributed by atoms with Crippen LogP contribution < -0.4 is 11.5 Å². The van der Waals surface area contributed by atoms with Gasteiger partial charge in [0.15, 0.2) is 4.83 Å². The van der Waals surface area contributed by atoms with Crippen LogP contribution >= 0.6 is 15.9 Å². The lowest BCUT2D eigenvalue weighted by molar-refractivity contribution is -0.116. The zero-order chi connectivity index (χ0) is 7.72. The summed E-state index contributed by atoms with van der Waals surface area (Å²) in [5.74, 6) is -0.347. The molecule has 10 heavy (non-hydrogen) atoms. The van der Waals surface area contributed by atoms with Crippen molar-refractivity contribution in [3.63, 3.8) is 0 Å². The molecule has 4 N–H and O–H groups in total. The zero-order valence-electron chi connectivity index (χ0n) is 4.91. The molecular weight excluding hydrogens is 200 g/mol. The van der Waals surface area contributed by atoms with Gasteiger partial charge in [0.05, 0.1) is 0 Å². The maximum absolute atomic E-state index is 10.7. The van der Waals surface area contributed by atoms with Crippen molar-refractivity contribution >= 4 is 33.6 Å². The largest absolute Gasteiger partial charge is 0.386 e. The van der Waals surface area contributed by atoms with Gasteiger partial charge in [-0.25, -0.2) is 0 Å². The number of aliphatic imine (C=N–C) groups is 2. The summed E-state index contributed by atoms with van der Waals surface area (Å²) in [6.07, 6.45) is 0. The van der Waals surface area contributed by atoms with Crippen molar-refractivity contribution in [1.82, 2.24) is 0 Å². The number of nitrogens with two attached hydrogens (primary N) is 2. The summed E-state index contributed by atoms with van der Waals surface area (Å²) in [4.78, 5) is 17.1. The van der Waals surface area contributed by atoms with Crippen molar-refractivity contribution in [3.05, 3.63) is 0 Å². The summed E-state index contributed by atoms with van der Waals surface area (Å²) < 4.78 is 0. The number of amides is 1. The van der Waals surface area contributed by atoms with E-state index in [9.17, 15) is 4.79 Å². The molecule has 0 spiro atoms. The third-order valence-corrected chi connectivity index (χ3v) is 1.81. The SMILES string of the molecule is NC1=NC(=O)C(Br)C(N)=N1. The predicted molar refractivity (Wildman–Crippen MR) is 41.0 cm³/mol. The number of carbonyl (C=O) groups excluding carboxylic acids is 1. The van der Waals surface area contributed by atoms with Crippen LogP contribution in [0.2, 0.25) is 0 Å². The Morgan fingerprint density at radius 2 is 2.00 bits per heavy atom. The Hall–Kier alpha value is -0.910. The molecule has 0 saturated heterocycles. The van der Waals surface area contributed by atoms with E-state index in [0.717, 1.165) is 0 Å². The summed E-state index contributed by atoms with van der Waals surface area (Å²) >= 11 is 2.98. The molecule has 0 aliphatic carbocycles. The Morgan fingerprint density at radius 1 is 1.40 bits per heavy atom. The number of guanidine groups is 1. The number of alkyl halides is 1. The fourth-order valence-electron chi connectivity index (χ4n) is 0.510. The first-order valence-electron chi connectivity index (χ1n) is 2.47. The molecule has 1 aliphatic rings. The lowest BCUT2D eigenvalue weighted by atomic mass is 10.3. The number of hydrogen-bond acceptors (Lipinski definition) is 4. The first-order valence-corrected chi connectivity index (χ1v) is 3.39. The monoisotopic (exact) mass is 204 g/mol. The van der Waals surface area contributed by atoms with E-state index < -0.39 is 10.7 Å². The maximum Gasteiger partial charge on any atom is 0.270 e. The number of halogens is 1. The van der Waals surface area contributed by atoms with E-state index in [1.165, 1.54) is 0 Å². The minimum Gasteiger partial charge on any atom is -0.386 e. The molecule has 1 amide bonds. The molecule has 1 rings (SSSR count). The standard InChI is InChI=1S/C4H5BrN4O/c5-1-2(6)8-4(7)9-3(1)10/h1H,(H4,6,7,8,9,10). The summed E-state index contributed by atoms with van der Waals surface area (Å²) in [5.41, 5.74) is 10.4. The summed E-state index contributed by atoms with van der Waals surface area (Å²) in [5, 5.41) is 0. The number of rotatable bonds is 0. The lowest BCUT2D eigenvalue weighted by Gasteiger charge is -2.08. The quantitative estimate of drug-likeness (QED) is 0.494. The van der Waals surface area contributed by atoms with Gasteiger partial charge in [0.1, 0.15) is 5.84 Å². The van der Waals surface area contributed by atoms with Gasteiger partial charge < -0.3 is 11.5 Å². The highest BCUT2D eigenvalue weighted by atomic mass is 79.9. The van der Waals surface area contributed by atoms with Gasteiger partial charge in [0.25, 0.3) is 5.91 Å². The highest BCUT2D eigenvalue weighted by molar-refractivity contribution is 9.10. The lowest BCUT2D eigenvalue weighted by Crippen LogP contribution is -2.36. The predicted octanol–water partition coefficient (Wildman–Crippen LogP) is -1.04. The molecule has 1 atom stereocenters. The molecule has 54 valence electrons. The molecule has 0 aromatic rings. The van der Waals surface area contributed by atoms with Crippen LogP contribution in [0, 0.1) is 0 Å². The minimum atomic E-state index is -0.611. The molecular formula is C4H5BrN4O. The van der Waals surface area contributed by atoms with Crippen LogP contribution in [0.4, 0.5) is 0 Å². The second-order valence-electron chi connectivity index (χ2n) is 1.71. The smallest absolute Gasteiger partial charge is 0.270 e. The molecule has 1 heterocycles. The van der Waals surface area contributed by atoms with Crippen molar-refractivity contribution in [2.24, 2.45) is 21.5 Å².